The van der Waals surface area contributed by atoms with Gasteiger partial charge in [-0.25, -0.2) is 0 Å². The van der Waals surface area contributed by atoms with Gasteiger partial charge in [0.25, 0.3) is 0 Å². The first-order valence-electron chi connectivity index (χ1n) is 7.30. The van der Waals surface area contributed by atoms with Gasteiger partial charge in [0.2, 0.25) is 5.91 Å². The molecule has 0 radical (unpaired) electrons. The van der Waals surface area contributed by atoms with E-state index in [0.717, 1.165) is 23.9 Å². The molecule has 3 rings (SSSR count). The number of nitrogens with one attached hydrogen (secondary N) is 1. The highest BCUT2D eigenvalue weighted by molar-refractivity contribution is 5.82. The molecule has 0 aliphatic carbocycles. The number of carbonyl (C=O) groups is 1. The minimum absolute atomic E-state index is 0.0555. The summed E-state index contributed by atoms with van der Waals surface area (Å²) in [6.45, 7) is 0.493. The Morgan fingerprint density at radius 1 is 1.17 bits per heavy atom. The lowest BCUT2D eigenvalue weighted by atomic mass is 9.85. The molecule has 1 amide bonds. The highest BCUT2D eigenvalue weighted by atomic mass is 19.4. The molecule has 1 aliphatic rings. The third-order valence-corrected chi connectivity index (χ3v) is 4.12. The monoisotopic (exact) mass is 320 g/mol. The highest BCUT2D eigenvalue weighted by Crippen LogP contribution is 2.33. The minimum Gasteiger partial charge on any atom is -0.355 e. The lowest BCUT2D eigenvalue weighted by molar-refractivity contribution is -0.137. The number of rotatable bonds is 3. The molecular weight excluding hydrogens is 305 g/mol. The second-order valence-corrected chi connectivity index (χ2v) is 5.61. The third-order valence-electron chi connectivity index (χ3n) is 4.12. The van der Waals surface area contributed by atoms with Crippen molar-refractivity contribution >= 4 is 5.91 Å². The predicted octanol–water partition coefficient (Wildman–Crippen LogP) is 3.17. The van der Waals surface area contributed by atoms with Gasteiger partial charge >= 0.3 is 6.18 Å². The summed E-state index contributed by atoms with van der Waals surface area (Å²) in [6, 6.07) is 11.5. The van der Waals surface area contributed by atoms with Crippen molar-refractivity contribution in [3.05, 3.63) is 65.5 Å². The smallest absolute Gasteiger partial charge is 0.355 e. The summed E-state index contributed by atoms with van der Waals surface area (Å²) in [5.74, 6) is -0.605. The molecule has 2 unspecified atom stereocenters. The van der Waals surface area contributed by atoms with Crippen molar-refractivity contribution in [1.82, 2.24) is 10.3 Å². The van der Waals surface area contributed by atoms with Crippen LogP contribution in [0.4, 0.5) is 13.2 Å². The van der Waals surface area contributed by atoms with Crippen LogP contribution in [0.25, 0.3) is 0 Å². The topological polar surface area (TPSA) is 42.0 Å². The molecule has 0 spiro atoms. The fourth-order valence-corrected chi connectivity index (χ4v) is 2.94. The van der Waals surface area contributed by atoms with Gasteiger partial charge in [0.1, 0.15) is 0 Å². The summed E-state index contributed by atoms with van der Waals surface area (Å²) in [7, 11) is 0. The minimum atomic E-state index is -4.41. The predicted molar refractivity (Wildman–Crippen MR) is 78.6 cm³/mol. The highest BCUT2D eigenvalue weighted by Gasteiger charge is 2.36. The van der Waals surface area contributed by atoms with Crippen LogP contribution in [0.1, 0.15) is 22.7 Å². The lowest BCUT2D eigenvalue weighted by Gasteiger charge is -2.17. The summed E-state index contributed by atoms with van der Waals surface area (Å²) in [5.41, 5.74) is 0.544. The molecule has 23 heavy (non-hydrogen) atoms. The average molecular weight is 320 g/mol. The van der Waals surface area contributed by atoms with E-state index in [9.17, 15) is 18.0 Å². The van der Waals surface area contributed by atoms with Crippen molar-refractivity contribution in [2.45, 2.75) is 18.5 Å². The Morgan fingerprint density at radius 2 is 1.91 bits per heavy atom. The molecule has 2 aromatic rings. The summed E-state index contributed by atoms with van der Waals surface area (Å²) in [4.78, 5) is 16.1. The van der Waals surface area contributed by atoms with Crippen LogP contribution in [-0.4, -0.2) is 17.4 Å². The molecule has 0 saturated carbocycles. The van der Waals surface area contributed by atoms with E-state index in [1.807, 2.05) is 30.3 Å². The van der Waals surface area contributed by atoms with Crippen molar-refractivity contribution in [1.29, 1.82) is 0 Å². The van der Waals surface area contributed by atoms with Crippen LogP contribution in [0.3, 0.4) is 0 Å². The van der Waals surface area contributed by atoms with E-state index in [1.165, 1.54) is 0 Å². The average Bonchev–Trinajstić information content (AvgIpc) is 2.89. The number of hydrogen-bond acceptors (Lipinski definition) is 2. The first-order chi connectivity index (χ1) is 10.9. The van der Waals surface area contributed by atoms with Crippen LogP contribution in [0.5, 0.6) is 0 Å². The first-order valence-corrected chi connectivity index (χ1v) is 7.30. The number of halogens is 3. The van der Waals surface area contributed by atoms with Gasteiger partial charge in [0.15, 0.2) is 0 Å². The van der Waals surface area contributed by atoms with E-state index in [2.05, 4.69) is 10.3 Å². The summed E-state index contributed by atoms with van der Waals surface area (Å²) in [5, 5.41) is 2.79. The number of amides is 1. The van der Waals surface area contributed by atoms with E-state index in [4.69, 9.17) is 0 Å². The standard InChI is InChI=1S/C17H15F3N2O/c18-17(19,20)12-6-7-21-13(8-12)9-14-15(10-22-16(14)23)11-4-2-1-3-5-11/h1-8,14-15H,9-10H2,(H,22,23). The number of alkyl halides is 3. The Balaban J connectivity index is 1.84. The summed E-state index contributed by atoms with van der Waals surface area (Å²) < 4.78 is 38.4. The number of benzene rings is 1. The number of aromatic nitrogens is 1. The lowest BCUT2D eigenvalue weighted by Crippen LogP contribution is -2.22. The molecule has 0 bridgehead atoms. The molecule has 2 heterocycles. The van der Waals surface area contributed by atoms with E-state index >= 15 is 0 Å². The van der Waals surface area contributed by atoms with Gasteiger partial charge in [0, 0.05) is 30.8 Å². The van der Waals surface area contributed by atoms with Crippen LogP contribution in [0.15, 0.2) is 48.7 Å². The third kappa shape index (κ3) is 3.36. The van der Waals surface area contributed by atoms with Crippen LogP contribution < -0.4 is 5.32 Å². The Kier molecular flexibility index (Phi) is 4.07. The van der Waals surface area contributed by atoms with E-state index in [0.29, 0.717) is 6.54 Å². The van der Waals surface area contributed by atoms with Crippen molar-refractivity contribution < 1.29 is 18.0 Å². The number of carbonyl (C=O) groups excluding carboxylic acids is 1. The van der Waals surface area contributed by atoms with Crippen molar-refractivity contribution in [3.8, 4) is 0 Å². The molecule has 1 aliphatic heterocycles. The number of nitrogens with zero attached hydrogens (tertiary/aromatic N) is 1. The Labute approximate surface area is 131 Å². The molecular formula is C17H15F3N2O. The van der Waals surface area contributed by atoms with Gasteiger partial charge in [-0.2, -0.15) is 13.2 Å². The molecule has 1 saturated heterocycles. The Bertz CT molecular complexity index is 700. The maximum absolute atomic E-state index is 12.8. The van der Waals surface area contributed by atoms with Gasteiger partial charge in [-0.3, -0.25) is 9.78 Å². The molecule has 6 heteroatoms. The Morgan fingerprint density at radius 3 is 2.61 bits per heavy atom. The van der Waals surface area contributed by atoms with Gasteiger partial charge in [0.05, 0.1) is 11.5 Å². The maximum Gasteiger partial charge on any atom is 0.416 e. The van der Waals surface area contributed by atoms with Crippen LogP contribution in [0.2, 0.25) is 0 Å². The number of hydrogen-bond donors (Lipinski definition) is 1. The van der Waals surface area contributed by atoms with E-state index < -0.39 is 17.7 Å². The van der Waals surface area contributed by atoms with Gasteiger partial charge in [-0.15, -0.1) is 0 Å². The second-order valence-electron chi connectivity index (χ2n) is 5.61. The molecule has 120 valence electrons. The zero-order chi connectivity index (χ0) is 16.4. The summed E-state index contributed by atoms with van der Waals surface area (Å²) in [6.07, 6.45) is -3.08. The first kappa shape index (κ1) is 15.5. The van der Waals surface area contributed by atoms with Crippen molar-refractivity contribution in [2.75, 3.05) is 6.54 Å². The zero-order valence-electron chi connectivity index (χ0n) is 12.2. The molecule has 1 aromatic carbocycles. The Hall–Kier alpha value is -2.37. The molecule has 3 nitrogen and oxygen atoms in total. The number of pyridine rings is 1. The van der Waals surface area contributed by atoms with E-state index in [-0.39, 0.29) is 23.9 Å². The molecule has 1 aromatic heterocycles. The van der Waals surface area contributed by atoms with Crippen LogP contribution in [0, 0.1) is 5.92 Å². The quantitative estimate of drug-likeness (QED) is 0.944. The SMILES string of the molecule is O=C1NCC(c2ccccc2)C1Cc1cc(C(F)(F)F)ccn1. The summed E-state index contributed by atoms with van der Waals surface area (Å²) >= 11 is 0. The largest absolute Gasteiger partial charge is 0.416 e. The zero-order valence-corrected chi connectivity index (χ0v) is 12.2. The fraction of sp³-hybridized carbons (Fsp3) is 0.294. The second kappa shape index (κ2) is 6.02. The van der Waals surface area contributed by atoms with Gasteiger partial charge < -0.3 is 5.32 Å². The maximum atomic E-state index is 12.8. The molecule has 1 N–H and O–H groups in total. The van der Waals surface area contributed by atoms with E-state index in [1.54, 1.807) is 0 Å². The van der Waals surface area contributed by atoms with Crippen molar-refractivity contribution in [2.24, 2.45) is 5.92 Å². The molecule has 2 atom stereocenters. The molecule has 1 fully saturated rings. The normalized spacial score (nSPS) is 21.3. The fourth-order valence-electron chi connectivity index (χ4n) is 2.94. The van der Waals surface area contributed by atoms with Crippen molar-refractivity contribution in [3.63, 3.8) is 0 Å². The van der Waals surface area contributed by atoms with Crippen LogP contribution >= 0.6 is 0 Å². The van der Waals surface area contributed by atoms with Gasteiger partial charge in [-0.1, -0.05) is 30.3 Å². The van der Waals surface area contributed by atoms with Crippen LogP contribution in [-0.2, 0) is 17.4 Å². The van der Waals surface area contributed by atoms with Gasteiger partial charge in [-0.05, 0) is 17.7 Å².